The molecule has 0 spiro atoms. The van der Waals surface area contributed by atoms with E-state index in [0.717, 1.165) is 25.3 Å². The standard InChI is InChI=1S/C17H23NO3/c1-17(2)8-15(14-6-3-11(19)7-16(14)21-17)18-9-12-4-5-13(10-18)20-12/h3,6-7,12-13,15,19H,4-5,8-10H2,1-2H3. The summed E-state index contributed by atoms with van der Waals surface area (Å²) in [7, 11) is 0. The van der Waals surface area contributed by atoms with Crippen LogP contribution in [0.2, 0.25) is 0 Å². The molecule has 114 valence electrons. The van der Waals surface area contributed by atoms with Gasteiger partial charge in [0.2, 0.25) is 0 Å². The van der Waals surface area contributed by atoms with E-state index >= 15 is 0 Å². The molecule has 4 nitrogen and oxygen atoms in total. The summed E-state index contributed by atoms with van der Waals surface area (Å²) in [5.41, 5.74) is 0.997. The van der Waals surface area contributed by atoms with Gasteiger partial charge in [-0.05, 0) is 32.8 Å². The summed E-state index contributed by atoms with van der Waals surface area (Å²) >= 11 is 0. The molecule has 3 aliphatic heterocycles. The average Bonchev–Trinajstić information content (AvgIpc) is 2.75. The lowest BCUT2D eigenvalue weighted by atomic mass is 9.88. The van der Waals surface area contributed by atoms with Gasteiger partial charge in [0.05, 0.1) is 12.2 Å². The molecular weight excluding hydrogens is 266 g/mol. The van der Waals surface area contributed by atoms with Crippen molar-refractivity contribution in [2.75, 3.05) is 13.1 Å². The maximum absolute atomic E-state index is 9.74. The van der Waals surface area contributed by atoms with E-state index in [-0.39, 0.29) is 11.4 Å². The summed E-state index contributed by atoms with van der Waals surface area (Å²) in [5, 5.41) is 9.74. The molecule has 3 atom stereocenters. The molecule has 3 aliphatic rings. The Kier molecular flexibility index (Phi) is 2.95. The Bertz CT molecular complexity index is 545. The Morgan fingerprint density at radius 3 is 2.62 bits per heavy atom. The number of benzene rings is 1. The molecule has 3 unspecified atom stereocenters. The molecule has 0 amide bonds. The van der Waals surface area contributed by atoms with Gasteiger partial charge in [0, 0.05) is 37.2 Å². The Balaban J connectivity index is 1.68. The van der Waals surface area contributed by atoms with Crippen molar-refractivity contribution in [3.63, 3.8) is 0 Å². The van der Waals surface area contributed by atoms with Crippen molar-refractivity contribution >= 4 is 0 Å². The van der Waals surface area contributed by atoms with Crippen LogP contribution in [-0.4, -0.2) is 40.9 Å². The molecule has 4 heteroatoms. The fourth-order valence-corrected chi connectivity index (χ4v) is 4.03. The van der Waals surface area contributed by atoms with Crippen LogP contribution in [0.1, 0.15) is 44.7 Å². The number of morpholine rings is 1. The van der Waals surface area contributed by atoms with E-state index in [2.05, 4.69) is 18.7 Å². The third kappa shape index (κ3) is 2.40. The van der Waals surface area contributed by atoms with Gasteiger partial charge < -0.3 is 14.6 Å². The second-order valence-electron chi connectivity index (χ2n) is 7.22. The highest BCUT2D eigenvalue weighted by atomic mass is 16.5. The van der Waals surface area contributed by atoms with Crippen molar-refractivity contribution in [1.82, 2.24) is 4.90 Å². The number of fused-ring (bicyclic) bond motifs is 3. The lowest BCUT2D eigenvalue weighted by Crippen LogP contribution is -2.48. The summed E-state index contributed by atoms with van der Waals surface area (Å²) in [6.07, 6.45) is 4.15. The van der Waals surface area contributed by atoms with Crippen LogP contribution < -0.4 is 4.74 Å². The van der Waals surface area contributed by atoms with Crippen molar-refractivity contribution in [2.24, 2.45) is 0 Å². The minimum absolute atomic E-state index is 0.206. The molecule has 21 heavy (non-hydrogen) atoms. The molecule has 2 saturated heterocycles. The summed E-state index contributed by atoms with van der Waals surface area (Å²) in [6, 6.07) is 5.89. The second-order valence-corrected chi connectivity index (χ2v) is 7.22. The first-order chi connectivity index (χ1) is 10.00. The Morgan fingerprint density at radius 1 is 1.19 bits per heavy atom. The number of phenolic OH excluding ortho intramolecular Hbond substituents is 1. The molecule has 0 aliphatic carbocycles. The van der Waals surface area contributed by atoms with Gasteiger partial charge in [-0.3, -0.25) is 4.90 Å². The van der Waals surface area contributed by atoms with Gasteiger partial charge in [0.1, 0.15) is 17.1 Å². The van der Waals surface area contributed by atoms with Crippen LogP contribution in [0.4, 0.5) is 0 Å². The minimum atomic E-state index is -0.206. The van der Waals surface area contributed by atoms with Crippen LogP contribution in [0.25, 0.3) is 0 Å². The molecular formula is C17H23NO3. The number of ether oxygens (including phenoxy) is 2. The van der Waals surface area contributed by atoms with E-state index in [4.69, 9.17) is 9.47 Å². The van der Waals surface area contributed by atoms with Crippen LogP contribution in [0.3, 0.4) is 0 Å². The summed E-state index contributed by atoms with van der Waals surface area (Å²) in [4.78, 5) is 2.56. The van der Waals surface area contributed by atoms with Crippen molar-refractivity contribution in [1.29, 1.82) is 0 Å². The molecule has 0 aromatic heterocycles. The Hall–Kier alpha value is -1.26. The van der Waals surface area contributed by atoms with E-state index in [1.54, 1.807) is 12.1 Å². The summed E-state index contributed by atoms with van der Waals surface area (Å²) in [6.45, 7) is 6.28. The molecule has 4 rings (SSSR count). The lowest BCUT2D eigenvalue weighted by molar-refractivity contribution is -0.0695. The van der Waals surface area contributed by atoms with Crippen molar-refractivity contribution < 1.29 is 14.6 Å². The average molecular weight is 289 g/mol. The van der Waals surface area contributed by atoms with Crippen molar-refractivity contribution in [3.8, 4) is 11.5 Å². The number of hydrogen-bond acceptors (Lipinski definition) is 4. The van der Waals surface area contributed by atoms with E-state index in [0.29, 0.717) is 18.2 Å². The van der Waals surface area contributed by atoms with Gasteiger partial charge in [0.15, 0.2) is 0 Å². The molecule has 0 radical (unpaired) electrons. The van der Waals surface area contributed by atoms with E-state index in [1.165, 1.54) is 18.4 Å². The smallest absolute Gasteiger partial charge is 0.128 e. The Morgan fingerprint density at radius 2 is 1.90 bits per heavy atom. The lowest BCUT2D eigenvalue weighted by Gasteiger charge is -2.45. The normalized spacial score (nSPS) is 34.3. The van der Waals surface area contributed by atoms with Crippen LogP contribution in [0.15, 0.2) is 18.2 Å². The summed E-state index contributed by atoms with van der Waals surface area (Å²) in [5.74, 6) is 1.10. The van der Waals surface area contributed by atoms with Gasteiger partial charge in [-0.1, -0.05) is 6.07 Å². The molecule has 3 heterocycles. The zero-order chi connectivity index (χ0) is 14.6. The van der Waals surface area contributed by atoms with E-state index in [9.17, 15) is 5.11 Å². The van der Waals surface area contributed by atoms with Gasteiger partial charge >= 0.3 is 0 Å². The highest BCUT2D eigenvalue weighted by Crippen LogP contribution is 2.45. The third-order valence-electron chi connectivity index (χ3n) is 4.94. The highest BCUT2D eigenvalue weighted by Gasteiger charge is 2.42. The monoisotopic (exact) mass is 289 g/mol. The summed E-state index contributed by atoms with van der Waals surface area (Å²) < 4.78 is 12.0. The number of phenols is 1. The van der Waals surface area contributed by atoms with Crippen LogP contribution >= 0.6 is 0 Å². The number of nitrogens with zero attached hydrogens (tertiary/aromatic N) is 1. The van der Waals surface area contributed by atoms with Crippen LogP contribution in [-0.2, 0) is 4.74 Å². The zero-order valence-electron chi connectivity index (χ0n) is 12.7. The first-order valence-corrected chi connectivity index (χ1v) is 7.92. The molecule has 2 fully saturated rings. The van der Waals surface area contributed by atoms with Gasteiger partial charge in [-0.25, -0.2) is 0 Å². The zero-order valence-corrected chi connectivity index (χ0v) is 12.7. The largest absolute Gasteiger partial charge is 0.508 e. The molecule has 1 aromatic rings. The fourth-order valence-electron chi connectivity index (χ4n) is 4.03. The number of rotatable bonds is 1. The predicted octanol–water partition coefficient (Wildman–Crippen LogP) is 2.86. The third-order valence-corrected chi connectivity index (χ3v) is 4.94. The molecule has 0 saturated carbocycles. The quantitative estimate of drug-likeness (QED) is 0.863. The van der Waals surface area contributed by atoms with Crippen molar-refractivity contribution in [2.45, 2.75) is 57.0 Å². The van der Waals surface area contributed by atoms with Crippen LogP contribution in [0.5, 0.6) is 11.5 Å². The van der Waals surface area contributed by atoms with Gasteiger partial charge in [-0.2, -0.15) is 0 Å². The van der Waals surface area contributed by atoms with Crippen LogP contribution in [0, 0.1) is 0 Å². The molecule has 1 N–H and O–H groups in total. The number of likely N-dealkylation sites (tertiary alicyclic amines) is 1. The van der Waals surface area contributed by atoms with Gasteiger partial charge in [-0.15, -0.1) is 0 Å². The Labute approximate surface area is 125 Å². The topological polar surface area (TPSA) is 41.9 Å². The van der Waals surface area contributed by atoms with E-state index in [1.807, 2.05) is 6.07 Å². The number of hydrogen-bond donors (Lipinski definition) is 1. The van der Waals surface area contributed by atoms with Gasteiger partial charge in [0.25, 0.3) is 0 Å². The van der Waals surface area contributed by atoms with Crippen molar-refractivity contribution in [3.05, 3.63) is 23.8 Å². The highest BCUT2D eigenvalue weighted by molar-refractivity contribution is 5.44. The SMILES string of the molecule is CC1(C)CC(N2CC3CCC(C2)O3)c2ccc(O)cc2O1. The first-order valence-electron chi connectivity index (χ1n) is 7.92. The maximum Gasteiger partial charge on any atom is 0.128 e. The number of aromatic hydroxyl groups is 1. The fraction of sp³-hybridized carbons (Fsp3) is 0.647. The minimum Gasteiger partial charge on any atom is -0.508 e. The van der Waals surface area contributed by atoms with E-state index < -0.39 is 0 Å². The molecule has 1 aromatic carbocycles. The molecule has 2 bridgehead atoms. The first kappa shape index (κ1) is 13.4. The maximum atomic E-state index is 9.74. The predicted molar refractivity (Wildman–Crippen MR) is 79.6 cm³/mol. The second kappa shape index (κ2) is 4.62.